The van der Waals surface area contributed by atoms with Crippen molar-refractivity contribution in [3.05, 3.63) is 77.7 Å². The van der Waals surface area contributed by atoms with Gasteiger partial charge in [-0.05, 0) is 43.9 Å². The minimum absolute atomic E-state index is 0.0963. The van der Waals surface area contributed by atoms with E-state index in [9.17, 15) is 4.79 Å². The zero-order chi connectivity index (χ0) is 25.8. The summed E-state index contributed by atoms with van der Waals surface area (Å²) in [6.45, 7) is 9.32. The standard InChI is InChI=1S/C30H36N6O/c1-4-13-26-31-28(27-22(3)33-36(29(27)32-26)24-16-10-7-11-17-24)34-18-12-19-35(21-20-34)30(37)25(5-2)23-14-8-6-9-15-23/h6-11,14-17,25H,4-5,12-13,18-21H2,1-3H3/t25-/m0/s1. The highest BCUT2D eigenvalue weighted by Crippen LogP contribution is 2.30. The number of amides is 1. The van der Waals surface area contributed by atoms with Gasteiger partial charge >= 0.3 is 0 Å². The summed E-state index contributed by atoms with van der Waals surface area (Å²) in [5, 5.41) is 5.87. The Morgan fingerprint density at radius 3 is 2.35 bits per heavy atom. The number of hydrogen-bond acceptors (Lipinski definition) is 5. The van der Waals surface area contributed by atoms with E-state index in [2.05, 4.69) is 43.0 Å². The Morgan fingerprint density at radius 1 is 0.919 bits per heavy atom. The van der Waals surface area contributed by atoms with Crippen LogP contribution in [0.3, 0.4) is 0 Å². The van der Waals surface area contributed by atoms with Gasteiger partial charge in [0.05, 0.1) is 22.7 Å². The molecule has 192 valence electrons. The first-order valence-electron chi connectivity index (χ1n) is 13.5. The number of hydrogen-bond donors (Lipinski definition) is 0. The molecule has 7 heteroatoms. The number of rotatable bonds is 7. The van der Waals surface area contributed by atoms with E-state index in [1.54, 1.807) is 0 Å². The van der Waals surface area contributed by atoms with E-state index in [0.29, 0.717) is 6.54 Å². The van der Waals surface area contributed by atoms with E-state index >= 15 is 0 Å². The second-order valence-electron chi connectivity index (χ2n) is 9.78. The van der Waals surface area contributed by atoms with Crippen LogP contribution in [0.4, 0.5) is 5.82 Å². The lowest BCUT2D eigenvalue weighted by atomic mass is 9.95. The molecule has 0 unspecified atom stereocenters. The number of nitrogens with zero attached hydrogens (tertiary/aromatic N) is 6. The van der Waals surface area contributed by atoms with Crippen LogP contribution in [-0.2, 0) is 11.2 Å². The average Bonchev–Trinajstić information content (AvgIpc) is 3.09. The van der Waals surface area contributed by atoms with Crippen LogP contribution in [0.2, 0.25) is 0 Å². The van der Waals surface area contributed by atoms with Gasteiger partial charge in [0.1, 0.15) is 11.6 Å². The molecule has 7 nitrogen and oxygen atoms in total. The van der Waals surface area contributed by atoms with E-state index < -0.39 is 0 Å². The minimum Gasteiger partial charge on any atom is -0.354 e. The largest absolute Gasteiger partial charge is 0.354 e. The zero-order valence-corrected chi connectivity index (χ0v) is 22.1. The van der Waals surface area contributed by atoms with Crippen molar-refractivity contribution in [2.75, 3.05) is 31.1 Å². The third-order valence-electron chi connectivity index (χ3n) is 7.22. The summed E-state index contributed by atoms with van der Waals surface area (Å²) in [7, 11) is 0. The molecule has 2 aromatic carbocycles. The molecule has 5 rings (SSSR count). The quantitative estimate of drug-likeness (QED) is 0.347. The highest BCUT2D eigenvalue weighted by atomic mass is 16.2. The molecular weight excluding hydrogens is 460 g/mol. The van der Waals surface area contributed by atoms with Gasteiger partial charge in [0.25, 0.3) is 0 Å². The van der Waals surface area contributed by atoms with Crippen LogP contribution in [0.25, 0.3) is 16.7 Å². The first-order chi connectivity index (χ1) is 18.1. The van der Waals surface area contributed by atoms with Gasteiger partial charge in [-0.25, -0.2) is 14.6 Å². The summed E-state index contributed by atoms with van der Waals surface area (Å²) in [6, 6.07) is 20.3. The lowest BCUT2D eigenvalue weighted by Crippen LogP contribution is -2.38. The summed E-state index contributed by atoms with van der Waals surface area (Å²) < 4.78 is 1.94. The maximum Gasteiger partial charge on any atom is 0.230 e. The molecule has 1 saturated heterocycles. The molecule has 0 bridgehead atoms. The molecule has 0 aliphatic carbocycles. The number of anilines is 1. The van der Waals surface area contributed by atoms with E-state index in [1.165, 1.54) is 0 Å². The zero-order valence-electron chi connectivity index (χ0n) is 22.1. The fourth-order valence-corrected chi connectivity index (χ4v) is 5.33. The van der Waals surface area contributed by atoms with E-state index in [-0.39, 0.29) is 11.8 Å². The lowest BCUT2D eigenvalue weighted by Gasteiger charge is -2.26. The number of fused-ring (bicyclic) bond motifs is 1. The van der Waals surface area contributed by atoms with Crippen molar-refractivity contribution >= 4 is 22.8 Å². The fraction of sp³-hybridized carbons (Fsp3) is 0.400. The Bertz CT molecular complexity index is 1350. The number of benzene rings is 2. The molecule has 0 saturated carbocycles. The molecular formula is C30H36N6O. The summed E-state index contributed by atoms with van der Waals surface area (Å²) in [4.78, 5) is 27.9. The van der Waals surface area contributed by atoms with Crippen LogP contribution in [0.1, 0.15) is 56.1 Å². The van der Waals surface area contributed by atoms with Crippen molar-refractivity contribution in [1.29, 1.82) is 0 Å². The molecule has 37 heavy (non-hydrogen) atoms. The average molecular weight is 497 g/mol. The Morgan fingerprint density at radius 2 is 1.65 bits per heavy atom. The molecule has 1 amide bonds. The normalized spacial score (nSPS) is 15.1. The third kappa shape index (κ3) is 5.08. The number of aromatic nitrogens is 4. The van der Waals surface area contributed by atoms with Gasteiger partial charge in [0.2, 0.25) is 5.91 Å². The highest BCUT2D eigenvalue weighted by Gasteiger charge is 2.28. The van der Waals surface area contributed by atoms with Crippen LogP contribution in [-0.4, -0.2) is 56.7 Å². The lowest BCUT2D eigenvalue weighted by molar-refractivity contribution is -0.132. The van der Waals surface area contributed by atoms with Crippen molar-refractivity contribution in [1.82, 2.24) is 24.6 Å². The van der Waals surface area contributed by atoms with E-state index in [0.717, 1.165) is 84.9 Å². The van der Waals surface area contributed by atoms with Crippen LogP contribution in [0, 0.1) is 6.92 Å². The van der Waals surface area contributed by atoms with Gasteiger partial charge in [-0.3, -0.25) is 4.79 Å². The number of para-hydroxylation sites is 1. The van der Waals surface area contributed by atoms with Crippen LogP contribution in [0.15, 0.2) is 60.7 Å². The smallest absolute Gasteiger partial charge is 0.230 e. The molecule has 0 radical (unpaired) electrons. The van der Waals surface area contributed by atoms with Gasteiger partial charge in [0.15, 0.2) is 5.65 Å². The van der Waals surface area contributed by atoms with Crippen molar-refractivity contribution in [3.8, 4) is 5.69 Å². The second kappa shape index (κ2) is 11.1. The summed E-state index contributed by atoms with van der Waals surface area (Å²) in [5.74, 6) is 1.91. The number of carbonyl (C=O) groups excluding carboxylic acids is 1. The van der Waals surface area contributed by atoms with Gasteiger partial charge in [-0.2, -0.15) is 5.10 Å². The van der Waals surface area contributed by atoms with E-state index in [4.69, 9.17) is 15.1 Å². The topological polar surface area (TPSA) is 67.2 Å². The summed E-state index contributed by atoms with van der Waals surface area (Å²) >= 11 is 0. The summed E-state index contributed by atoms with van der Waals surface area (Å²) in [5.41, 5.74) is 3.86. The second-order valence-corrected chi connectivity index (χ2v) is 9.78. The Labute approximate surface area is 219 Å². The molecule has 1 fully saturated rings. The van der Waals surface area contributed by atoms with Gasteiger partial charge in [-0.15, -0.1) is 0 Å². The predicted octanol–water partition coefficient (Wildman–Crippen LogP) is 5.31. The van der Waals surface area contributed by atoms with Crippen LogP contribution >= 0.6 is 0 Å². The third-order valence-corrected chi connectivity index (χ3v) is 7.22. The van der Waals surface area contributed by atoms with Crippen LogP contribution < -0.4 is 4.90 Å². The van der Waals surface area contributed by atoms with Crippen molar-refractivity contribution < 1.29 is 4.79 Å². The molecule has 1 atom stereocenters. The summed E-state index contributed by atoms with van der Waals surface area (Å²) in [6.07, 6.45) is 3.49. The van der Waals surface area contributed by atoms with Crippen molar-refractivity contribution in [2.24, 2.45) is 0 Å². The maximum absolute atomic E-state index is 13.6. The first-order valence-corrected chi connectivity index (χ1v) is 13.5. The predicted molar refractivity (Wildman–Crippen MR) is 148 cm³/mol. The van der Waals surface area contributed by atoms with Crippen LogP contribution in [0.5, 0.6) is 0 Å². The van der Waals surface area contributed by atoms with Gasteiger partial charge in [0, 0.05) is 32.6 Å². The first kappa shape index (κ1) is 24.9. The molecule has 0 N–H and O–H groups in total. The van der Waals surface area contributed by atoms with Gasteiger partial charge < -0.3 is 9.80 Å². The number of aryl methyl sites for hydroxylation is 2. The molecule has 1 aliphatic heterocycles. The number of carbonyl (C=O) groups is 1. The molecule has 2 aromatic heterocycles. The molecule has 0 spiro atoms. The maximum atomic E-state index is 13.6. The molecule has 3 heterocycles. The SMILES string of the molecule is CCCc1nc(N2CCCN(C(=O)[C@@H](CC)c3ccccc3)CC2)c2c(C)nn(-c3ccccc3)c2n1. The highest BCUT2D eigenvalue weighted by molar-refractivity contribution is 5.91. The van der Waals surface area contributed by atoms with Crippen molar-refractivity contribution in [2.45, 2.75) is 52.4 Å². The Hall–Kier alpha value is -3.74. The van der Waals surface area contributed by atoms with Gasteiger partial charge in [-0.1, -0.05) is 62.4 Å². The minimum atomic E-state index is -0.0963. The molecule has 4 aromatic rings. The van der Waals surface area contributed by atoms with Crippen molar-refractivity contribution in [3.63, 3.8) is 0 Å². The Balaban J connectivity index is 1.46. The van der Waals surface area contributed by atoms with E-state index in [1.807, 2.05) is 52.9 Å². The molecule has 1 aliphatic rings. The Kier molecular flexibility index (Phi) is 7.49. The fourth-order valence-electron chi connectivity index (χ4n) is 5.33. The monoisotopic (exact) mass is 496 g/mol.